The number of ether oxygens (including phenoxy) is 2. The van der Waals surface area contributed by atoms with Crippen molar-refractivity contribution in [2.75, 3.05) is 44.8 Å². The molecule has 0 amide bonds. The molecule has 0 aliphatic carbocycles. The normalized spacial score (nSPS) is 22.2. The van der Waals surface area contributed by atoms with Gasteiger partial charge < -0.3 is 14.4 Å². The van der Waals surface area contributed by atoms with Gasteiger partial charge in [-0.2, -0.15) is 0 Å². The summed E-state index contributed by atoms with van der Waals surface area (Å²) in [5.41, 5.74) is 4.97. The van der Waals surface area contributed by atoms with Crippen molar-refractivity contribution in [3.8, 4) is 0 Å². The van der Waals surface area contributed by atoms with Crippen LogP contribution in [0.5, 0.6) is 0 Å². The van der Waals surface area contributed by atoms with Crippen LogP contribution in [0.25, 0.3) is 12.2 Å². The van der Waals surface area contributed by atoms with E-state index in [9.17, 15) is 0 Å². The minimum atomic E-state index is 0.157. The highest BCUT2D eigenvalue weighted by Crippen LogP contribution is 2.36. The molecule has 1 saturated heterocycles. The lowest BCUT2D eigenvalue weighted by atomic mass is 10.1. The molecular weight excluding hydrogens is 336 g/mol. The van der Waals surface area contributed by atoms with E-state index in [2.05, 4.69) is 77.4 Å². The van der Waals surface area contributed by atoms with Crippen LogP contribution in [0.3, 0.4) is 0 Å². The number of methoxy groups -OCH3 is 1. The maximum atomic E-state index is 6.33. The fourth-order valence-corrected chi connectivity index (χ4v) is 4.10. The monoisotopic (exact) mass is 364 g/mol. The highest BCUT2D eigenvalue weighted by atomic mass is 16.5. The summed E-state index contributed by atoms with van der Waals surface area (Å²) in [5, 5.41) is 0. The summed E-state index contributed by atoms with van der Waals surface area (Å²) in [6, 6.07) is 17.2. The highest BCUT2D eigenvalue weighted by molar-refractivity contribution is 5.88. The number of nitrogens with zero attached hydrogens (tertiary/aromatic N) is 2. The fourth-order valence-electron chi connectivity index (χ4n) is 4.10. The van der Waals surface area contributed by atoms with Gasteiger partial charge in [0.05, 0.1) is 25.4 Å². The minimum absolute atomic E-state index is 0.157. The van der Waals surface area contributed by atoms with Crippen molar-refractivity contribution in [1.29, 1.82) is 0 Å². The van der Waals surface area contributed by atoms with E-state index >= 15 is 0 Å². The van der Waals surface area contributed by atoms with Crippen LogP contribution in [0.15, 0.2) is 48.5 Å². The summed E-state index contributed by atoms with van der Waals surface area (Å²) >= 11 is 0. The number of morpholine rings is 1. The quantitative estimate of drug-likeness (QED) is 0.799. The number of hydrogen-bond acceptors (Lipinski definition) is 4. The van der Waals surface area contributed by atoms with Crippen LogP contribution in [0.4, 0.5) is 11.4 Å². The van der Waals surface area contributed by atoms with Gasteiger partial charge >= 0.3 is 0 Å². The maximum absolute atomic E-state index is 6.33. The maximum Gasteiger partial charge on any atom is 0.0885 e. The van der Waals surface area contributed by atoms with Crippen molar-refractivity contribution in [3.63, 3.8) is 0 Å². The Bertz CT molecular complexity index is 755. The molecule has 2 aromatic rings. The molecule has 0 radical (unpaired) electrons. The van der Waals surface area contributed by atoms with Gasteiger partial charge in [-0.15, -0.1) is 0 Å². The summed E-state index contributed by atoms with van der Waals surface area (Å²) in [5.74, 6) is 0. The molecule has 4 nitrogen and oxygen atoms in total. The Kier molecular flexibility index (Phi) is 5.58. The van der Waals surface area contributed by atoms with Crippen LogP contribution >= 0.6 is 0 Å². The Labute approximate surface area is 162 Å². The molecule has 2 aliphatic rings. The van der Waals surface area contributed by atoms with E-state index in [1.807, 2.05) is 0 Å². The Morgan fingerprint density at radius 1 is 0.963 bits per heavy atom. The fraction of sp³-hybridized carbons (Fsp3) is 0.391. The summed E-state index contributed by atoms with van der Waals surface area (Å²) < 4.78 is 11.6. The molecule has 0 aromatic heterocycles. The van der Waals surface area contributed by atoms with Gasteiger partial charge in [-0.1, -0.05) is 48.6 Å². The molecule has 0 spiro atoms. The largest absolute Gasteiger partial charge is 0.383 e. The van der Waals surface area contributed by atoms with Crippen LogP contribution in [0.1, 0.15) is 18.1 Å². The summed E-state index contributed by atoms with van der Waals surface area (Å²) in [4.78, 5) is 4.87. The molecule has 27 heavy (non-hydrogen) atoms. The van der Waals surface area contributed by atoms with Crippen molar-refractivity contribution in [1.82, 2.24) is 4.90 Å². The van der Waals surface area contributed by atoms with Gasteiger partial charge in [0.2, 0.25) is 0 Å². The van der Waals surface area contributed by atoms with Gasteiger partial charge in [0.15, 0.2) is 0 Å². The molecule has 4 heteroatoms. The van der Waals surface area contributed by atoms with E-state index in [0.717, 1.165) is 32.8 Å². The lowest BCUT2D eigenvalue weighted by Gasteiger charge is -2.39. The van der Waals surface area contributed by atoms with Crippen molar-refractivity contribution in [2.24, 2.45) is 0 Å². The molecule has 2 heterocycles. The van der Waals surface area contributed by atoms with Crippen molar-refractivity contribution in [3.05, 3.63) is 59.7 Å². The van der Waals surface area contributed by atoms with Crippen molar-refractivity contribution >= 4 is 23.5 Å². The average molecular weight is 364 g/mol. The molecule has 0 N–H and O–H groups in total. The van der Waals surface area contributed by atoms with Gasteiger partial charge in [-0.25, -0.2) is 0 Å². The predicted octanol–water partition coefficient (Wildman–Crippen LogP) is 4.04. The van der Waals surface area contributed by atoms with E-state index in [-0.39, 0.29) is 12.2 Å². The number of benzene rings is 2. The van der Waals surface area contributed by atoms with Gasteiger partial charge in [0.25, 0.3) is 0 Å². The number of rotatable bonds is 5. The molecule has 0 bridgehead atoms. The Morgan fingerprint density at radius 2 is 1.59 bits per heavy atom. The average Bonchev–Trinajstić information content (AvgIpc) is 2.84. The first-order chi connectivity index (χ1) is 13.2. The van der Waals surface area contributed by atoms with E-state index in [4.69, 9.17) is 9.47 Å². The number of hydrogen-bond donors (Lipinski definition) is 0. The zero-order valence-electron chi connectivity index (χ0n) is 16.2. The lowest BCUT2D eigenvalue weighted by molar-refractivity contribution is -0.0755. The first kappa shape index (κ1) is 18.2. The van der Waals surface area contributed by atoms with Crippen LogP contribution in [0.2, 0.25) is 0 Å². The number of para-hydroxylation sites is 2. The van der Waals surface area contributed by atoms with Crippen molar-refractivity contribution < 1.29 is 9.47 Å². The first-order valence-corrected chi connectivity index (χ1v) is 9.75. The second kappa shape index (κ2) is 8.26. The second-order valence-corrected chi connectivity index (χ2v) is 7.38. The van der Waals surface area contributed by atoms with Crippen molar-refractivity contribution in [2.45, 2.75) is 19.1 Å². The molecule has 4 rings (SSSR count). The molecule has 2 atom stereocenters. The summed E-state index contributed by atoms with van der Waals surface area (Å²) in [6.07, 6.45) is 4.81. The zero-order chi connectivity index (χ0) is 18.6. The first-order valence-electron chi connectivity index (χ1n) is 9.75. The van der Waals surface area contributed by atoms with E-state index < -0.39 is 0 Å². The smallest absolute Gasteiger partial charge is 0.0885 e. The zero-order valence-corrected chi connectivity index (χ0v) is 16.2. The molecule has 2 unspecified atom stereocenters. The predicted molar refractivity (Wildman–Crippen MR) is 111 cm³/mol. The standard InChI is InChI=1S/C23H28N2O2/c1-18-15-24(13-14-26-2)16-21(27-18)17-25-22-9-5-3-7-19(22)11-12-20-8-4-6-10-23(20)25/h3-12,18,21H,13-17H2,1-2H3. The summed E-state index contributed by atoms with van der Waals surface area (Å²) in [7, 11) is 1.76. The third-order valence-corrected chi connectivity index (χ3v) is 5.30. The van der Waals surface area contributed by atoms with E-state index in [1.54, 1.807) is 7.11 Å². The molecule has 2 aliphatic heterocycles. The number of fused-ring (bicyclic) bond motifs is 2. The van der Waals surface area contributed by atoms with E-state index in [0.29, 0.717) is 0 Å². The van der Waals surface area contributed by atoms with Crippen LogP contribution in [0, 0.1) is 0 Å². The highest BCUT2D eigenvalue weighted by Gasteiger charge is 2.28. The topological polar surface area (TPSA) is 24.9 Å². The van der Waals surface area contributed by atoms with Crippen LogP contribution in [-0.2, 0) is 9.47 Å². The summed E-state index contributed by atoms with van der Waals surface area (Å²) in [6.45, 7) is 6.62. The molecule has 0 saturated carbocycles. The third kappa shape index (κ3) is 4.08. The molecule has 2 aromatic carbocycles. The molecule has 142 valence electrons. The Morgan fingerprint density at radius 3 is 2.22 bits per heavy atom. The Balaban J connectivity index is 1.62. The van der Waals surface area contributed by atoms with Gasteiger partial charge in [0.1, 0.15) is 0 Å². The lowest BCUT2D eigenvalue weighted by Crippen LogP contribution is -2.51. The molecule has 1 fully saturated rings. The van der Waals surface area contributed by atoms with Gasteiger partial charge in [-0.05, 0) is 30.2 Å². The van der Waals surface area contributed by atoms with E-state index in [1.165, 1.54) is 22.5 Å². The number of anilines is 2. The SMILES string of the molecule is COCCN1CC(C)OC(CN2c3ccccc3C=Cc3ccccc32)C1. The second-order valence-electron chi connectivity index (χ2n) is 7.38. The van der Waals surface area contributed by atoms with Gasteiger partial charge in [-0.3, -0.25) is 4.90 Å². The minimum Gasteiger partial charge on any atom is -0.383 e. The van der Waals surface area contributed by atoms with Gasteiger partial charge in [0, 0.05) is 38.1 Å². The Hall–Kier alpha value is -2.14. The van der Waals surface area contributed by atoms with Crippen LogP contribution in [-0.4, -0.2) is 57.0 Å². The van der Waals surface area contributed by atoms with Crippen LogP contribution < -0.4 is 4.90 Å². The third-order valence-electron chi connectivity index (χ3n) is 5.30. The molecular formula is C23H28N2O2.